The van der Waals surface area contributed by atoms with Crippen LogP contribution in [0.3, 0.4) is 0 Å². The van der Waals surface area contributed by atoms with Gasteiger partial charge in [0, 0.05) is 0 Å². The molecule has 2 atom stereocenters. The Morgan fingerprint density at radius 3 is 2.67 bits per heavy atom. The monoisotopic (exact) mass is 236 g/mol. The van der Waals surface area contributed by atoms with E-state index in [4.69, 9.17) is 0 Å². The Labute approximate surface area is 96.0 Å². The number of alkyl halides is 1. The second-order valence-corrected chi connectivity index (χ2v) is 5.01. The van der Waals surface area contributed by atoms with E-state index in [1.54, 1.807) is 0 Å². The van der Waals surface area contributed by atoms with Crippen LogP contribution in [0.5, 0.6) is 0 Å². The molecule has 0 N–H and O–H groups in total. The molecular formula is C11H21FO2S. The summed E-state index contributed by atoms with van der Waals surface area (Å²) in [5.74, 6) is 0.616. The van der Waals surface area contributed by atoms with Crippen molar-refractivity contribution >= 4 is 17.7 Å². The molecule has 0 heterocycles. The maximum atomic E-state index is 13.1. The van der Waals surface area contributed by atoms with Gasteiger partial charge in [0.2, 0.25) is 0 Å². The Morgan fingerprint density at radius 1 is 1.47 bits per heavy atom. The summed E-state index contributed by atoms with van der Waals surface area (Å²) in [5.41, 5.74) is 0. The number of ether oxygens (including phenoxy) is 1. The van der Waals surface area contributed by atoms with Crippen LogP contribution in [0, 0.1) is 0 Å². The van der Waals surface area contributed by atoms with Gasteiger partial charge in [0.15, 0.2) is 0 Å². The molecule has 4 heteroatoms. The van der Waals surface area contributed by atoms with Crippen molar-refractivity contribution in [2.24, 2.45) is 0 Å². The fourth-order valence-electron chi connectivity index (χ4n) is 1.26. The predicted molar refractivity (Wildman–Crippen MR) is 63.0 cm³/mol. The van der Waals surface area contributed by atoms with Crippen molar-refractivity contribution in [2.45, 2.75) is 51.0 Å². The van der Waals surface area contributed by atoms with Crippen molar-refractivity contribution in [3.63, 3.8) is 0 Å². The average Bonchev–Trinajstić information content (AvgIpc) is 2.23. The lowest BCUT2D eigenvalue weighted by Crippen LogP contribution is -2.15. The standard InChI is InChI=1S/C11H21FO2S/c1-4-6-10(12)7-5-8-15-9(2)11(13)14-3/h9-10H,4-8H2,1-3H3. The van der Waals surface area contributed by atoms with Gasteiger partial charge in [-0.3, -0.25) is 4.79 Å². The Hall–Kier alpha value is -0.250. The van der Waals surface area contributed by atoms with Gasteiger partial charge < -0.3 is 4.74 Å². The van der Waals surface area contributed by atoms with Gasteiger partial charge in [-0.05, 0) is 31.9 Å². The van der Waals surface area contributed by atoms with E-state index in [1.165, 1.54) is 18.9 Å². The van der Waals surface area contributed by atoms with Crippen molar-refractivity contribution in [2.75, 3.05) is 12.9 Å². The minimum atomic E-state index is -0.677. The maximum absolute atomic E-state index is 13.1. The van der Waals surface area contributed by atoms with Gasteiger partial charge in [0.1, 0.15) is 6.17 Å². The Balaban J connectivity index is 3.41. The number of hydrogen-bond acceptors (Lipinski definition) is 3. The number of methoxy groups -OCH3 is 1. The zero-order valence-electron chi connectivity index (χ0n) is 9.79. The van der Waals surface area contributed by atoms with Crippen molar-refractivity contribution in [3.05, 3.63) is 0 Å². The quantitative estimate of drug-likeness (QED) is 0.478. The number of carbonyl (C=O) groups is 1. The molecule has 0 aliphatic rings. The molecule has 0 aromatic rings. The van der Waals surface area contributed by atoms with Gasteiger partial charge in [-0.25, -0.2) is 4.39 Å². The molecule has 0 rings (SSSR count). The first kappa shape index (κ1) is 14.8. The smallest absolute Gasteiger partial charge is 0.318 e. The van der Waals surface area contributed by atoms with Crippen molar-refractivity contribution in [1.29, 1.82) is 0 Å². The highest BCUT2D eigenvalue weighted by atomic mass is 32.2. The molecule has 15 heavy (non-hydrogen) atoms. The lowest BCUT2D eigenvalue weighted by molar-refractivity contribution is -0.139. The maximum Gasteiger partial charge on any atom is 0.318 e. The Bertz CT molecular complexity index is 176. The minimum Gasteiger partial charge on any atom is -0.468 e. The van der Waals surface area contributed by atoms with Crippen molar-refractivity contribution in [3.8, 4) is 0 Å². The second kappa shape index (κ2) is 9.01. The molecule has 0 saturated heterocycles. The lowest BCUT2D eigenvalue weighted by Gasteiger charge is -2.09. The normalized spacial score (nSPS) is 14.7. The fourth-order valence-corrected chi connectivity index (χ4v) is 2.18. The summed E-state index contributed by atoms with van der Waals surface area (Å²) in [6.45, 7) is 3.80. The van der Waals surface area contributed by atoms with Crippen molar-refractivity contribution in [1.82, 2.24) is 0 Å². The summed E-state index contributed by atoms with van der Waals surface area (Å²) < 4.78 is 17.6. The van der Waals surface area contributed by atoms with E-state index >= 15 is 0 Å². The van der Waals surface area contributed by atoms with Crippen molar-refractivity contribution < 1.29 is 13.9 Å². The molecule has 0 aliphatic heterocycles. The molecule has 0 bridgehead atoms. The molecule has 2 nitrogen and oxygen atoms in total. The number of thioether (sulfide) groups is 1. The molecule has 0 aromatic heterocycles. The largest absolute Gasteiger partial charge is 0.468 e. The van der Waals surface area contributed by atoms with Gasteiger partial charge in [-0.15, -0.1) is 11.8 Å². The first-order valence-electron chi connectivity index (χ1n) is 5.45. The summed E-state index contributed by atoms with van der Waals surface area (Å²) in [6, 6.07) is 0. The molecule has 0 amide bonds. The van der Waals surface area contributed by atoms with Gasteiger partial charge in [-0.2, -0.15) is 0 Å². The number of rotatable bonds is 8. The van der Waals surface area contributed by atoms with Crippen LogP contribution in [-0.4, -0.2) is 30.3 Å². The molecule has 90 valence electrons. The van der Waals surface area contributed by atoms with Crippen LogP contribution in [0.15, 0.2) is 0 Å². The molecule has 0 aliphatic carbocycles. The average molecular weight is 236 g/mol. The third-order valence-electron chi connectivity index (χ3n) is 2.16. The SMILES string of the molecule is CCCC(F)CCCSC(C)C(=O)OC. The van der Waals surface area contributed by atoms with Gasteiger partial charge in [0.05, 0.1) is 12.4 Å². The summed E-state index contributed by atoms with van der Waals surface area (Å²) in [7, 11) is 1.39. The van der Waals surface area contributed by atoms with E-state index in [0.717, 1.165) is 18.6 Å². The van der Waals surface area contributed by atoms with Crippen LogP contribution in [0.2, 0.25) is 0 Å². The van der Waals surface area contributed by atoms with E-state index < -0.39 is 6.17 Å². The fraction of sp³-hybridized carbons (Fsp3) is 0.909. The third kappa shape index (κ3) is 7.65. The topological polar surface area (TPSA) is 26.3 Å². The van der Waals surface area contributed by atoms with E-state index in [-0.39, 0.29) is 11.2 Å². The molecule has 0 radical (unpaired) electrons. The highest BCUT2D eigenvalue weighted by Gasteiger charge is 2.13. The molecule has 0 saturated carbocycles. The number of hydrogen-bond donors (Lipinski definition) is 0. The van der Waals surface area contributed by atoms with Crippen LogP contribution in [-0.2, 0) is 9.53 Å². The first-order valence-corrected chi connectivity index (χ1v) is 6.50. The third-order valence-corrected chi connectivity index (χ3v) is 3.38. The number of halogens is 1. The molecular weight excluding hydrogens is 215 g/mol. The second-order valence-electron chi connectivity index (χ2n) is 3.56. The predicted octanol–water partition coefficient (Wildman–Crippen LogP) is 3.20. The number of esters is 1. The molecule has 0 spiro atoms. The van der Waals surface area contributed by atoms with Crippen LogP contribution >= 0.6 is 11.8 Å². The van der Waals surface area contributed by atoms with E-state index in [2.05, 4.69) is 4.74 Å². The zero-order chi connectivity index (χ0) is 11.7. The van der Waals surface area contributed by atoms with E-state index in [0.29, 0.717) is 12.8 Å². The van der Waals surface area contributed by atoms with Gasteiger partial charge in [-0.1, -0.05) is 13.3 Å². The summed E-state index contributed by atoms with van der Waals surface area (Å²) >= 11 is 1.53. The highest BCUT2D eigenvalue weighted by molar-refractivity contribution is 8.00. The number of carbonyl (C=O) groups excluding carboxylic acids is 1. The molecule has 0 aromatic carbocycles. The first-order chi connectivity index (χ1) is 7.11. The Kier molecular flexibility index (Phi) is 8.86. The van der Waals surface area contributed by atoms with Gasteiger partial charge >= 0.3 is 5.97 Å². The van der Waals surface area contributed by atoms with Crippen LogP contribution in [0.1, 0.15) is 39.5 Å². The van der Waals surface area contributed by atoms with E-state index in [9.17, 15) is 9.18 Å². The van der Waals surface area contributed by atoms with Crippen LogP contribution in [0.4, 0.5) is 4.39 Å². The summed E-state index contributed by atoms with van der Waals surface area (Å²) in [4.78, 5) is 11.0. The summed E-state index contributed by atoms with van der Waals surface area (Å²) in [6.07, 6.45) is 2.30. The highest BCUT2D eigenvalue weighted by Crippen LogP contribution is 2.16. The van der Waals surface area contributed by atoms with Gasteiger partial charge in [0.25, 0.3) is 0 Å². The lowest BCUT2D eigenvalue weighted by atomic mass is 10.1. The minimum absolute atomic E-state index is 0.140. The Morgan fingerprint density at radius 2 is 2.13 bits per heavy atom. The molecule has 0 fully saturated rings. The van der Waals surface area contributed by atoms with Crippen LogP contribution in [0.25, 0.3) is 0 Å². The van der Waals surface area contributed by atoms with E-state index in [1.807, 2.05) is 13.8 Å². The zero-order valence-corrected chi connectivity index (χ0v) is 10.6. The summed E-state index contributed by atoms with van der Waals surface area (Å²) in [5, 5.41) is -0.140. The molecule has 2 unspecified atom stereocenters. The van der Waals surface area contributed by atoms with Crippen LogP contribution < -0.4 is 0 Å².